The Hall–Kier alpha value is -0.900. The second-order valence-corrected chi connectivity index (χ2v) is 6.58. The molecule has 3 heteroatoms. The van der Waals surface area contributed by atoms with Crippen LogP contribution in [0.3, 0.4) is 0 Å². The van der Waals surface area contributed by atoms with Crippen molar-refractivity contribution in [3.63, 3.8) is 0 Å². The lowest BCUT2D eigenvalue weighted by molar-refractivity contribution is -0.0890. The van der Waals surface area contributed by atoms with Gasteiger partial charge in [0.25, 0.3) is 0 Å². The normalized spacial score (nSPS) is 26.4. The summed E-state index contributed by atoms with van der Waals surface area (Å²) in [6.45, 7) is 9.35. The van der Waals surface area contributed by atoms with E-state index in [4.69, 9.17) is 9.47 Å². The van der Waals surface area contributed by atoms with E-state index in [0.29, 0.717) is 19.1 Å². The van der Waals surface area contributed by atoms with Gasteiger partial charge in [-0.05, 0) is 44.2 Å². The Morgan fingerprint density at radius 3 is 2.45 bits per heavy atom. The number of hydrogen-bond donors (Lipinski definition) is 1. The molecular weight excluding hydrogens is 252 g/mol. The van der Waals surface area contributed by atoms with Crippen LogP contribution in [0.4, 0.5) is 0 Å². The summed E-state index contributed by atoms with van der Waals surface area (Å²) in [7, 11) is 0. The molecule has 0 heterocycles. The smallest absolute Gasteiger partial charge is 0.105 e. The van der Waals surface area contributed by atoms with Crippen LogP contribution in [-0.2, 0) is 9.47 Å². The van der Waals surface area contributed by atoms with Crippen LogP contribution in [0.1, 0.15) is 57.3 Å². The van der Waals surface area contributed by atoms with Crippen LogP contribution in [0.15, 0.2) is 24.3 Å². The van der Waals surface area contributed by atoms with Crippen LogP contribution >= 0.6 is 0 Å². The molecule has 0 aliphatic heterocycles. The van der Waals surface area contributed by atoms with Crippen LogP contribution in [0.25, 0.3) is 0 Å². The quantitative estimate of drug-likeness (QED) is 0.858. The molecule has 0 saturated carbocycles. The minimum atomic E-state index is -0.531. The van der Waals surface area contributed by atoms with Gasteiger partial charge in [0.1, 0.15) is 6.10 Å². The molecule has 3 atom stereocenters. The van der Waals surface area contributed by atoms with E-state index in [-0.39, 0.29) is 11.7 Å². The van der Waals surface area contributed by atoms with E-state index in [0.717, 1.165) is 12.0 Å². The third-order valence-corrected chi connectivity index (χ3v) is 3.73. The van der Waals surface area contributed by atoms with Gasteiger partial charge in [-0.1, -0.05) is 31.2 Å². The monoisotopic (exact) mass is 278 g/mol. The molecule has 2 rings (SSSR count). The van der Waals surface area contributed by atoms with Crippen molar-refractivity contribution >= 4 is 0 Å². The Balaban J connectivity index is 1.92. The van der Waals surface area contributed by atoms with E-state index < -0.39 is 6.10 Å². The highest BCUT2D eigenvalue weighted by Crippen LogP contribution is 2.38. The van der Waals surface area contributed by atoms with Gasteiger partial charge in [-0.25, -0.2) is 0 Å². The molecule has 0 amide bonds. The Labute approximate surface area is 121 Å². The van der Waals surface area contributed by atoms with Crippen molar-refractivity contribution in [1.29, 1.82) is 0 Å². The molecule has 0 radical (unpaired) electrons. The first-order chi connectivity index (χ1) is 9.38. The number of hydrogen-bond acceptors (Lipinski definition) is 3. The second kappa shape index (κ2) is 6.25. The van der Waals surface area contributed by atoms with Crippen LogP contribution < -0.4 is 0 Å². The number of aliphatic hydroxyl groups is 1. The molecule has 0 spiro atoms. The summed E-state index contributed by atoms with van der Waals surface area (Å²) in [5.41, 5.74) is 2.10. The predicted molar refractivity (Wildman–Crippen MR) is 79.9 cm³/mol. The van der Waals surface area contributed by atoms with Gasteiger partial charge in [-0.3, -0.25) is 0 Å². The summed E-state index contributed by atoms with van der Waals surface area (Å²) < 4.78 is 11.5. The average Bonchev–Trinajstić information content (AvgIpc) is 2.39. The molecule has 0 bridgehead atoms. The van der Waals surface area contributed by atoms with Crippen LogP contribution in [0, 0.1) is 0 Å². The number of rotatable bonds is 4. The zero-order chi connectivity index (χ0) is 14.8. The Bertz CT molecular complexity index is 436. The first-order valence-corrected chi connectivity index (χ1v) is 7.41. The number of benzene rings is 1. The molecule has 0 fully saturated rings. The maximum atomic E-state index is 10.4. The molecule has 3 nitrogen and oxygen atoms in total. The molecule has 3 unspecified atom stereocenters. The van der Waals surface area contributed by atoms with Crippen molar-refractivity contribution in [2.24, 2.45) is 0 Å². The summed E-state index contributed by atoms with van der Waals surface area (Å²) in [5.74, 6) is 0.420. The molecule has 112 valence electrons. The lowest BCUT2D eigenvalue weighted by atomic mass is 9.80. The zero-order valence-electron chi connectivity index (χ0n) is 12.9. The molecule has 1 aromatic carbocycles. The average molecular weight is 278 g/mol. The van der Waals surface area contributed by atoms with E-state index in [2.05, 4.69) is 13.0 Å². The topological polar surface area (TPSA) is 38.7 Å². The Kier molecular flexibility index (Phi) is 4.84. The van der Waals surface area contributed by atoms with Crippen molar-refractivity contribution in [3.05, 3.63) is 35.4 Å². The van der Waals surface area contributed by atoms with E-state index >= 15 is 0 Å². The van der Waals surface area contributed by atoms with Gasteiger partial charge in [-0.2, -0.15) is 0 Å². The van der Waals surface area contributed by atoms with Crippen LogP contribution in [-0.4, -0.2) is 30.0 Å². The van der Waals surface area contributed by atoms with E-state index in [1.165, 1.54) is 5.56 Å². The highest BCUT2D eigenvalue weighted by molar-refractivity contribution is 5.35. The fourth-order valence-electron chi connectivity index (χ4n) is 2.74. The number of ether oxygens (including phenoxy) is 2. The lowest BCUT2D eigenvalue weighted by Gasteiger charge is -2.34. The fourth-order valence-corrected chi connectivity index (χ4v) is 2.74. The standard InChI is InChI=1S/C17H26O3/c1-12-11-15(19-9-10-20-17(2,3)4)16(18)14-8-6-5-7-13(12)14/h5-8,12,15-16,18H,9-11H2,1-4H3. The third kappa shape index (κ3) is 3.81. The summed E-state index contributed by atoms with van der Waals surface area (Å²) in [5, 5.41) is 10.4. The lowest BCUT2D eigenvalue weighted by Crippen LogP contribution is -2.31. The highest BCUT2D eigenvalue weighted by Gasteiger charge is 2.32. The van der Waals surface area contributed by atoms with Crippen molar-refractivity contribution in [2.75, 3.05) is 13.2 Å². The van der Waals surface area contributed by atoms with Crippen LogP contribution in [0.5, 0.6) is 0 Å². The molecule has 20 heavy (non-hydrogen) atoms. The third-order valence-electron chi connectivity index (χ3n) is 3.73. The van der Waals surface area contributed by atoms with Gasteiger partial charge in [0, 0.05) is 0 Å². The number of aliphatic hydroxyl groups excluding tert-OH is 1. The van der Waals surface area contributed by atoms with Gasteiger partial charge in [0.15, 0.2) is 0 Å². The molecule has 1 aromatic rings. The predicted octanol–water partition coefficient (Wildman–Crippen LogP) is 3.43. The highest BCUT2D eigenvalue weighted by atomic mass is 16.5. The van der Waals surface area contributed by atoms with E-state index in [9.17, 15) is 5.11 Å². The minimum absolute atomic E-state index is 0.136. The van der Waals surface area contributed by atoms with Gasteiger partial charge in [0.05, 0.1) is 24.9 Å². The molecule has 0 aromatic heterocycles. The van der Waals surface area contributed by atoms with E-state index in [1.807, 2.05) is 39.0 Å². The van der Waals surface area contributed by atoms with Crippen molar-refractivity contribution < 1.29 is 14.6 Å². The van der Waals surface area contributed by atoms with Crippen molar-refractivity contribution in [1.82, 2.24) is 0 Å². The van der Waals surface area contributed by atoms with Crippen molar-refractivity contribution in [3.8, 4) is 0 Å². The first kappa shape index (κ1) is 15.5. The second-order valence-electron chi connectivity index (χ2n) is 6.58. The summed E-state index contributed by atoms with van der Waals surface area (Å²) in [6, 6.07) is 8.10. The maximum Gasteiger partial charge on any atom is 0.105 e. The van der Waals surface area contributed by atoms with Gasteiger partial charge in [0.2, 0.25) is 0 Å². The Morgan fingerprint density at radius 2 is 1.80 bits per heavy atom. The maximum absolute atomic E-state index is 10.4. The summed E-state index contributed by atoms with van der Waals surface area (Å²) in [6.07, 6.45) is 0.189. The summed E-state index contributed by atoms with van der Waals surface area (Å²) >= 11 is 0. The van der Waals surface area contributed by atoms with Gasteiger partial charge in [-0.15, -0.1) is 0 Å². The molecular formula is C17H26O3. The fraction of sp³-hybridized carbons (Fsp3) is 0.647. The SMILES string of the molecule is CC1CC(OCCOC(C)(C)C)C(O)c2ccccc21. The zero-order valence-corrected chi connectivity index (χ0v) is 12.9. The number of fused-ring (bicyclic) bond motifs is 1. The van der Waals surface area contributed by atoms with Gasteiger partial charge >= 0.3 is 0 Å². The largest absolute Gasteiger partial charge is 0.386 e. The Morgan fingerprint density at radius 1 is 1.15 bits per heavy atom. The van der Waals surface area contributed by atoms with E-state index in [1.54, 1.807) is 0 Å². The molecule has 1 aliphatic carbocycles. The van der Waals surface area contributed by atoms with Gasteiger partial charge < -0.3 is 14.6 Å². The molecule has 0 saturated heterocycles. The molecule has 1 aliphatic rings. The minimum Gasteiger partial charge on any atom is -0.386 e. The first-order valence-electron chi connectivity index (χ1n) is 7.41. The van der Waals surface area contributed by atoms with Crippen molar-refractivity contribution in [2.45, 2.75) is 57.8 Å². The van der Waals surface area contributed by atoms with Crippen LogP contribution in [0.2, 0.25) is 0 Å². The molecule has 1 N–H and O–H groups in total. The summed E-state index contributed by atoms with van der Waals surface area (Å²) in [4.78, 5) is 0.